The molecule has 1 aliphatic heterocycles. The zero-order chi connectivity index (χ0) is 17.1. The van der Waals surface area contributed by atoms with Gasteiger partial charge in [0, 0.05) is 19.1 Å². The van der Waals surface area contributed by atoms with Gasteiger partial charge in [-0.3, -0.25) is 4.90 Å². The van der Waals surface area contributed by atoms with Crippen molar-refractivity contribution in [1.29, 1.82) is 0 Å². The Morgan fingerprint density at radius 2 is 1.84 bits per heavy atom. The van der Waals surface area contributed by atoms with Crippen LogP contribution in [0.1, 0.15) is 37.7 Å². The first-order chi connectivity index (χ1) is 12.3. The second-order valence-corrected chi connectivity index (χ2v) is 7.59. The van der Waals surface area contributed by atoms with Gasteiger partial charge in [-0.1, -0.05) is 55.3 Å². The van der Waals surface area contributed by atoms with Gasteiger partial charge in [-0.05, 0) is 42.0 Å². The third kappa shape index (κ3) is 3.89. The third-order valence-corrected chi connectivity index (χ3v) is 5.91. The summed E-state index contributed by atoms with van der Waals surface area (Å²) >= 11 is 0. The molecule has 1 N–H and O–H groups in total. The molecule has 0 amide bonds. The molecule has 0 bridgehead atoms. The molecule has 1 heterocycles. The number of aliphatic hydroxyl groups excluding tert-OH is 1. The smallest absolute Gasteiger partial charge is 0.0730 e. The predicted octanol–water partition coefficient (Wildman–Crippen LogP) is 3.78. The largest absolute Gasteiger partial charge is 0.392 e. The first kappa shape index (κ1) is 17.0. The van der Waals surface area contributed by atoms with Crippen molar-refractivity contribution in [3.63, 3.8) is 0 Å². The SMILES string of the molecule is OC1CCN([C@@H]2CCCC[C@@H]2OCCc2cccc3ccccc23)C1. The van der Waals surface area contributed by atoms with E-state index in [0.29, 0.717) is 12.1 Å². The predicted molar refractivity (Wildman–Crippen MR) is 102 cm³/mol. The number of hydrogen-bond donors (Lipinski definition) is 1. The van der Waals surface area contributed by atoms with Crippen molar-refractivity contribution in [2.75, 3.05) is 19.7 Å². The Morgan fingerprint density at radius 1 is 1.00 bits per heavy atom. The maximum atomic E-state index is 9.86. The van der Waals surface area contributed by atoms with Crippen LogP contribution in [0.15, 0.2) is 42.5 Å². The zero-order valence-corrected chi connectivity index (χ0v) is 14.9. The fourth-order valence-electron chi connectivity index (χ4n) is 4.59. The molecular formula is C22H29NO2. The minimum atomic E-state index is -0.141. The summed E-state index contributed by atoms with van der Waals surface area (Å²) in [6, 6.07) is 15.6. The second kappa shape index (κ2) is 7.86. The molecule has 0 spiro atoms. The highest BCUT2D eigenvalue weighted by molar-refractivity contribution is 5.85. The van der Waals surface area contributed by atoms with E-state index in [1.54, 1.807) is 0 Å². The van der Waals surface area contributed by atoms with Crippen molar-refractivity contribution in [3.8, 4) is 0 Å². The summed E-state index contributed by atoms with van der Waals surface area (Å²) in [5, 5.41) is 12.5. The number of rotatable bonds is 5. The van der Waals surface area contributed by atoms with Crippen LogP contribution in [0.4, 0.5) is 0 Å². The second-order valence-electron chi connectivity index (χ2n) is 7.59. The molecule has 2 fully saturated rings. The number of ether oxygens (including phenoxy) is 1. The normalized spacial score (nSPS) is 27.8. The Bertz CT molecular complexity index is 696. The third-order valence-electron chi connectivity index (χ3n) is 5.91. The first-order valence-corrected chi connectivity index (χ1v) is 9.81. The van der Waals surface area contributed by atoms with Crippen LogP contribution in [-0.4, -0.2) is 48.0 Å². The lowest BCUT2D eigenvalue weighted by molar-refractivity contribution is -0.0315. The number of nitrogens with zero attached hydrogens (tertiary/aromatic N) is 1. The van der Waals surface area contributed by atoms with Crippen molar-refractivity contribution >= 4 is 10.8 Å². The maximum absolute atomic E-state index is 9.86. The van der Waals surface area contributed by atoms with Gasteiger partial charge >= 0.3 is 0 Å². The number of hydrogen-bond acceptors (Lipinski definition) is 3. The number of aliphatic hydroxyl groups is 1. The molecule has 4 rings (SSSR count). The van der Waals surface area contributed by atoms with E-state index in [1.807, 2.05) is 0 Å². The summed E-state index contributed by atoms with van der Waals surface area (Å²) in [5.74, 6) is 0. The summed E-state index contributed by atoms with van der Waals surface area (Å²) in [7, 11) is 0. The lowest BCUT2D eigenvalue weighted by Gasteiger charge is -2.37. The van der Waals surface area contributed by atoms with Crippen LogP contribution in [0.25, 0.3) is 10.8 Å². The summed E-state index contributed by atoms with van der Waals surface area (Å²) in [6.45, 7) is 2.63. The molecule has 1 saturated heterocycles. The van der Waals surface area contributed by atoms with E-state index in [2.05, 4.69) is 47.4 Å². The Labute approximate surface area is 150 Å². The van der Waals surface area contributed by atoms with Gasteiger partial charge in [-0.2, -0.15) is 0 Å². The molecule has 1 saturated carbocycles. The molecule has 1 unspecified atom stereocenters. The number of fused-ring (bicyclic) bond motifs is 1. The lowest BCUT2D eigenvalue weighted by atomic mass is 9.91. The van der Waals surface area contributed by atoms with Gasteiger partial charge in [0.25, 0.3) is 0 Å². The maximum Gasteiger partial charge on any atom is 0.0730 e. The van der Waals surface area contributed by atoms with Crippen LogP contribution in [0.3, 0.4) is 0 Å². The average molecular weight is 339 g/mol. The van der Waals surface area contributed by atoms with Crippen LogP contribution < -0.4 is 0 Å². The van der Waals surface area contributed by atoms with Crippen molar-refractivity contribution < 1.29 is 9.84 Å². The topological polar surface area (TPSA) is 32.7 Å². The van der Waals surface area contributed by atoms with Gasteiger partial charge in [-0.15, -0.1) is 0 Å². The van der Waals surface area contributed by atoms with E-state index < -0.39 is 0 Å². The average Bonchev–Trinajstić information content (AvgIpc) is 3.08. The monoisotopic (exact) mass is 339 g/mol. The standard InChI is InChI=1S/C22H29NO2/c24-19-12-14-23(16-19)21-10-3-4-11-22(21)25-15-13-18-8-5-7-17-6-1-2-9-20(17)18/h1-2,5-9,19,21-22,24H,3-4,10-16H2/t19?,21-,22+/m1/s1. The van der Waals surface area contributed by atoms with E-state index in [9.17, 15) is 5.11 Å². The Balaban J connectivity index is 1.38. The molecule has 3 heteroatoms. The van der Waals surface area contributed by atoms with Crippen LogP contribution in [0.2, 0.25) is 0 Å². The Hall–Kier alpha value is -1.42. The van der Waals surface area contributed by atoms with E-state index >= 15 is 0 Å². The zero-order valence-electron chi connectivity index (χ0n) is 14.9. The number of likely N-dealkylation sites (tertiary alicyclic amines) is 1. The fourth-order valence-corrected chi connectivity index (χ4v) is 4.59. The van der Waals surface area contributed by atoms with E-state index in [4.69, 9.17) is 4.74 Å². The molecule has 3 nitrogen and oxygen atoms in total. The van der Waals surface area contributed by atoms with Crippen molar-refractivity contribution in [3.05, 3.63) is 48.0 Å². The molecule has 2 aromatic rings. The van der Waals surface area contributed by atoms with Gasteiger partial charge in [-0.25, -0.2) is 0 Å². The van der Waals surface area contributed by atoms with Crippen LogP contribution in [0, 0.1) is 0 Å². The molecule has 25 heavy (non-hydrogen) atoms. The van der Waals surface area contributed by atoms with E-state index in [1.165, 1.54) is 35.6 Å². The van der Waals surface area contributed by atoms with Gasteiger partial charge in [0.05, 0.1) is 18.8 Å². The molecule has 2 aliphatic rings. The number of benzene rings is 2. The summed E-state index contributed by atoms with van der Waals surface area (Å²) in [4.78, 5) is 2.46. The highest BCUT2D eigenvalue weighted by Crippen LogP contribution is 2.28. The molecule has 0 aromatic heterocycles. The van der Waals surface area contributed by atoms with E-state index in [-0.39, 0.29) is 6.10 Å². The van der Waals surface area contributed by atoms with Crippen LogP contribution >= 0.6 is 0 Å². The molecule has 3 atom stereocenters. The first-order valence-electron chi connectivity index (χ1n) is 9.81. The van der Waals surface area contributed by atoms with Crippen LogP contribution in [-0.2, 0) is 11.2 Å². The lowest BCUT2D eigenvalue weighted by Crippen LogP contribution is -2.46. The Morgan fingerprint density at radius 3 is 2.72 bits per heavy atom. The minimum absolute atomic E-state index is 0.141. The molecular weight excluding hydrogens is 310 g/mol. The van der Waals surface area contributed by atoms with Crippen molar-refractivity contribution in [1.82, 2.24) is 4.90 Å². The fraction of sp³-hybridized carbons (Fsp3) is 0.545. The van der Waals surface area contributed by atoms with Crippen molar-refractivity contribution in [2.24, 2.45) is 0 Å². The molecule has 2 aromatic carbocycles. The summed E-state index contributed by atoms with van der Waals surface area (Å²) in [5.41, 5.74) is 1.38. The van der Waals surface area contributed by atoms with Crippen molar-refractivity contribution in [2.45, 2.75) is 56.8 Å². The summed E-state index contributed by atoms with van der Waals surface area (Å²) in [6.07, 6.45) is 7.00. The van der Waals surface area contributed by atoms with Gasteiger partial charge in [0.15, 0.2) is 0 Å². The Kier molecular flexibility index (Phi) is 5.35. The molecule has 0 radical (unpaired) electrons. The van der Waals surface area contributed by atoms with E-state index in [0.717, 1.165) is 39.0 Å². The highest BCUT2D eigenvalue weighted by Gasteiger charge is 2.34. The van der Waals surface area contributed by atoms with Gasteiger partial charge in [0.2, 0.25) is 0 Å². The highest BCUT2D eigenvalue weighted by atomic mass is 16.5. The van der Waals surface area contributed by atoms with Gasteiger partial charge in [0.1, 0.15) is 0 Å². The quantitative estimate of drug-likeness (QED) is 0.900. The summed E-state index contributed by atoms with van der Waals surface area (Å²) < 4.78 is 6.37. The molecule has 134 valence electrons. The van der Waals surface area contributed by atoms with Crippen LogP contribution in [0.5, 0.6) is 0 Å². The minimum Gasteiger partial charge on any atom is -0.392 e. The number of β-amino-alcohol motifs (C(OH)–C–C–N with tert-alkyl or cyclic N) is 1. The molecule has 1 aliphatic carbocycles. The van der Waals surface area contributed by atoms with Gasteiger partial charge < -0.3 is 9.84 Å².